The van der Waals surface area contributed by atoms with Crippen molar-refractivity contribution in [2.45, 2.75) is 17.5 Å². The number of anilines is 1. The maximum Gasteiger partial charge on any atom is 0.435 e. The summed E-state index contributed by atoms with van der Waals surface area (Å²) < 4.78 is 67.5. The molecule has 3 heterocycles. The second-order valence-electron chi connectivity index (χ2n) is 9.58. The lowest BCUT2D eigenvalue weighted by atomic mass is 10.0. The molecule has 0 bridgehead atoms. The molecule has 0 spiro atoms. The van der Waals surface area contributed by atoms with E-state index in [0.717, 1.165) is 10.9 Å². The molecule has 42 heavy (non-hydrogen) atoms. The van der Waals surface area contributed by atoms with Crippen molar-refractivity contribution in [1.29, 1.82) is 0 Å². The Balaban J connectivity index is 1.40. The lowest BCUT2D eigenvalue weighted by molar-refractivity contribution is -0.141. The van der Waals surface area contributed by atoms with E-state index in [2.05, 4.69) is 20.3 Å². The van der Waals surface area contributed by atoms with Crippen molar-refractivity contribution in [3.63, 3.8) is 0 Å². The highest BCUT2D eigenvalue weighted by molar-refractivity contribution is 7.90. The number of aromatic nitrogens is 2. The van der Waals surface area contributed by atoms with Gasteiger partial charge in [0.2, 0.25) is 0 Å². The summed E-state index contributed by atoms with van der Waals surface area (Å²) in [6.45, 7) is -0.0286. The maximum atomic E-state index is 14.0. The molecule has 212 valence electrons. The van der Waals surface area contributed by atoms with Crippen molar-refractivity contribution in [1.82, 2.24) is 9.78 Å². The standard InChI is InChI=1S/C28H19F3N6O4S/c1-42(40,41)22-8-3-2-7-20(22)16-9-11-18(12-10-16)36-14-13-21-23(26(36)38)37(35-24(21)28(29,30)31)19-6-4-5-17(15-19)25-32-27(39)34-33-25/h2-12,15H,13-14H2,1H3. The van der Waals surface area contributed by atoms with Gasteiger partial charge < -0.3 is 4.90 Å². The normalized spacial score (nSPS) is 15.2. The van der Waals surface area contributed by atoms with Crippen LogP contribution < -0.4 is 4.90 Å². The zero-order chi connectivity index (χ0) is 29.8. The Morgan fingerprint density at radius 2 is 1.60 bits per heavy atom. The summed E-state index contributed by atoms with van der Waals surface area (Å²) in [4.78, 5) is 30.4. The largest absolute Gasteiger partial charge is 0.435 e. The summed E-state index contributed by atoms with van der Waals surface area (Å²) in [5.74, 6) is -0.702. The third-order valence-electron chi connectivity index (χ3n) is 6.84. The minimum absolute atomic E-state index is 0.00981. The summed E-state index contributed by atoms with van der Waals surface area (Å²) in [6, 6.07) is 18.2. The molecule has 0 fully saturated rings. The number of benzene rings is 3. The van der Waals surface area contributed by atoms with Gasteiger partial charge in [0.05, 0.1) is 10.6 Å². The summed E-state index contributed by atoms with van der Waals surface area (Å²) in [5, 5.41) is 10.8. The zero-order valence-corrected chi connectivity index (χ0v) is 22.5. The first-order chi connectivity index (χ1) is 19.9. The Morgan fingerprint density at radius 3 is 2.26 bits per heavy atom. The zero-order valence-electron chi connectivity index (χ0n) is 21.7. The molecule has 0 N–H and O–H groups in total. The number of nitrogens with zero attached hydrogens (tertiary/aromatic N) is 6. The monoisotopic (exact) mass is 592 g/mol. The molecule has 0 saturated carbocycles. The molecule has 3 aromatic carbocycles. The second-order valence-corrected chi connectivity index (χ2v) is 11.6. The molecule has 4 aromatic rings. The van der Waals surface area contributed by atoms with Crippen LogP contribution in [0, 0.1) is 0 Å². The van der Waals surface area contributed by atoms with Gasteiger partial charge in [-0.2, -0.15) is 23.3 Å². The molecular formula is C28H19F3N6O4S. The molecule has 0 saturated heterocycles. The summed E-state index contributed by atoms with van der Waals surface area (Å²) in [5.41, 5.74) is 0.321. The highest BCUT2D eigenvalue weighted by Crippen LogP contribution is 2.38. The number of azo groups is 1. The molecule has 0 radical (unpaired) electrons. The lowest BCUT2D eigenvalue weighted by Crippen LogP contribution is -2.39. The molecule has 0 atom stereocenters. The van der Waals surface area contributed by atoms with Gasteiger partial charge >= 0.3 is 12.2 Å². The van der Waals surface area contributed by atoms with E-state index in [0.29, 0.717) is 22.4 Å². The van der Waals surface area contributed by atoms with E-state index >= 15 is 0 Å². The van der Waals surface area contributed by atoms with Gasteiger partial charge in [-0.25, -0.2) is 17.9 Å². The number of rotatable bonds is 5. The van der Waals surface area contributed by atoms with E-state index < -0.39 is 33.6 Å². The van der Waals surface area contributed by atoms with Crippen molar-refractivity contribution in [3.8, 4) is 16.8 Å². The highest BCUT2D eigenvalue weighted by atomic mass is 32.2. The Bertz CT molecular complexity index is 1950. The number of alkyl halides is 3. The number of amidine groups is 1. The molecule has 0 aliphatic carbocycles. The van der Waals surface area contributed by atoms with Gasteiger partial charge in [-0.3, -0.25) is 4.79 Å². The molecule has 6 rings (SSSR count). The van der Waals surface area contributed by atoms with Crippen molar-refractivity contribution in [2.24, 2.45) is 15.2 Å². The lowest BCUT2D eigenvalue weighted by Gasteiger charge is -2.28. The number of halogens is 3. The van der Waals surface area contributed by atoms with Crippen molar-refractivity contribution >= 4 is 33.3 Å². The number of carbonyl (C=O) groups is 2. The fourth-order valence-corrected chi connectivity index (χ4v) is 5.91. The predicted molar refractivity (Wildman–Crippen MR) is 146 cm³/mol. The van der Waals surface area contributed by atoms with Crippen LogP contribution in [0.15, 0.2) is 92.9 Å². The first-order valence-corrected chi connectivity index (χ1v) is 14.4. The molecule has 10 nitrogen and oxygen atoms in total. The third kappa shape index (κ3) is 4.79. The molecule has 14 heteroatoms. The molecule has 2 aliphatic heterocycles. The van der Waals surface area contributed by atoms with Gasteiger partial charge in [0.15, 0.2) is 21.4 Å². The summed E-state index contributed by atoms with van der Waals surface area (Å²) >= 11 is 0. The van der Waals surface area contributed by atoms with Crippen LogP contribution in [0.5, 0.6) is 0 Å². The van der Waals surface area contributed by atoms with Crippen LogP contribution in [0.1, 0.15) is 27.3 Å². The first-order valence-electron chi connectivity index (χ1n) is 12.5. The third-order valence-corrected chi connectivity index (χ3v) is 8.00. The smallest absolute Gasteiger partial charge is 0.307 e. The van der Waals surface area contributed by atoms with Crippen LogP contribution in [-0.4, -0.2) is 48.8 Å². The van der Waals surface area contributed by atoms with E-state index in [4.69, 9.17) is 0 Å². The van der Waals surface area contributed by atoms with Crippen molar-refractivity contribution in [2.75, 3.05) is 17.7 Å². The van der Waals surface area contributed by atoms with Crippen LogP contribution in [0.25, 0.3) is 16.8 Å². The molecule has 3 amide bonds. The number of sulfone groups is 1. The summed E-state index contributed by atoms with van der Waals surface area (Å²) in [6.07, 6.45) is -3.80. The van der Waals surface area contributed by atoms with E-state index in [-0.39, 0.29) is 40.6 Å². The van der Waals surface area contributed by atoms with Gasteiger partial charge in [-0.1, -0.05) is 47.6 Å². The predicted octanol–water partition coefficient (Wildman–Crippen LogP) is 5.50. The fraction of sp³-hybridized carbons (Fsp3) is 0.143. The van der Waals surface area contributed by atoms with E-state index in [1.54, 1.807) is 48.5 Å². The van der Waals surface area contributed by atoms with Gasteiger partial charge in [-0.15, -0.1) is 5.11 Å². The number of carbonyl (C=O) groups excluding carboxylic acids is 2. The number of aliphatic imine (C=N–C) groups is 1. The molecule has 1 aromatic heterocycles. The van der Waals surface area contributed by atoms with Crippen molar-refractivity contribution in [3.05, 3.63) is 95.3 Å². The average Bonchev–Trinajstić information content (AvgIpc) is 3.58. The number of hydrogen-bond acceptors (Lipinski definition) is 6. The van der Waals surface area contributed by atoms with Crippen LogP contribution in [0.2, 0.25) is 0 Å². The number of hydrogen-bond donors (Lipinski definition) is 0. The van der Waals surface area contributed by atoms with E-state index in [1.165, 1.54) is 29.2 Å². The average molecular weight is 593 g/mol. The van der Waals surface area contributed by atoms with E-state index in [9.17, 15) is 31.2 Å². The Hall–Kier alpha value is -4.98. The highest BCUT2D eigenvalue weighted by Gasteiger charge is 2.43. The first kappa shape index (κ1) is 27.2. The minimum atomic E-state index is -4.81. The Labute approximate surface area is 236 Å². The fourth-order valence-electron chi connectivity index (χ4n) is 4.99. The number of amides is 3. The topological polar surface area (TPSA) is 126 Å². The van der Waals surface area contributed by atoms with Gasteiger partial charge in [-0.05, 0) is 42.3 Å². The van der Waals surface area contributed by atoms with Crippen LogP contribution in [-0.2, 0) is 22.4 Å². The quantitative estimate of drug-likeness (QED) is 0.303. The number of urea groups is 1. The van der Waals surface area contributed by atoms with Gasteiger partial charge in [0.25, 0.3) is 5.91 Å². The molecule has 2 aliphatic rings. The van der Waals surface area contributed by atoms with E-state index in [1.807, 2.05) is 0 Å². The van der Waals surface area contributed by atoms with Crippen LogP contribution in [0.4, 0.5) is 23.7 Å². The number of fused-ring (bicyclic) bond motifs is 1. The molecular weight excluding hydrogens is 573 g/mol. The Morgan fingerprint density at radius 1 is 0.857 bits per heavy atom. The van der Waals surface area contributed by atoms with Crippen LogP contribution in [0.3, 0.4) is 0 Å². The maximum absolute atomic E-state index is 14.0. The van der Waals surface area contributed by atoms with Crippen molar-refractivity contribution < 1.29 is 31.2 Å². The summed E-state index contributed by atoms with van der Waals surface area (Å²) in [7, 11) is -3.51. The Kier molecular flexibility index (Phi) is 6.37. The second kappa shape index (κ2) is 9.83. The van der Waals surface area contributed by atoms with Gasteiger partial charge in [0, 0.05) is 35.2 Å². The minimum Gasteiger partial charge on any atom is -0.307 e. The van der Waals surface area contributed by atoms with Gasteiger partial charge in [0.1, 0.15) is 5.69 Å². The SMILES string of the molecule is CS(=O)(=O)c1ccccc1-c1ccc(N2CCc3c(C(F)(F)F)nn(-c4cccc(C5=NC(=O)N=N5)c4)c3C2=O)cc1. The van der Waals surface area contributed by atoms with Crippen LogP contribution >= 0.6 is 0 Å². The molecule has 0 unspecified atom stereocenters.